The Kier molecular flexibility index (Phi) is 1.80. The number of fused-ring (bicyclic) bond motifs is 2. The van der Waals surface area contributed by atoms with E-state index in [4.69, 9.17) is 0 Å². The molecule has 0 unspecified atom stereocenters. The van der Waals surface area contributed by atoms with E-state index in [2.05, 4.69) is 31.9 Å². The molecule has 0 amide bonds. The first kappa shape index (κ1) is 9.83. The van der Waals surface area contributed by atoms with E-state index in [0.29, 0.717) is 0 Å². The van der Waals surface area contributed by atoms with Gasteiger partial charge in [-0.1, -0.05) is 31.9 Å². The van der Waals surface area contributed by atoms with Crippen LogP contribution in [0.1, 0.15) is 25.7 Å². The van der Waals surface area contributed by atoms with Crippen LogP contribution in [-0.4, -0.2) is 9.65 Å². The Labute approximate surface area is 114 Å². The standard InChI is InChI=1S/C14H18Br2/c15-13-7-3-1-5-9-8-4-2-6(10(7)9)12(11(5)13)14(8)16/h5-14H,1-4H2/t5-,6-,7+,8+,9+,10+,11-,12-,13-,14+/m0/s1. The summed E-state index contributed by atoms with van der Waals surface area (Å²) in [5, 5.41) is 0. The molecule has 9 aliphatic carbocycles. The Morgan fingerprint density at radius 3 is 1.31 bits per heavy atom. The average Bonchev–Trinajstić information content (AvgIpc) is 2.29. The van der Waals surface area contributed by atoms with Crippen LogP contribution in [0, 0.1) is 47.3 Å². The monoisotopic (exact) mass is 344 g/mol. The predicted molar refractivity (Wildman–Crippen MR) is 71.8 cm³/mol. The normalized spacial score (nSPS) is 73.9. The topological polar surface area (TPSA) is 0 Å². The molecule has 9 aliphatic rings. The summed E-state index contributed by atoms with van der Waals surface area (Å²) < 4.78 is 0. The molecule has 0 N–H and O–H groups in total. The van der Waals surface area contributed by atoms with Gasteiger partial charge in [0.2, 0.25) is 0 Å². The third-order valence-electron chi connectivity index (χ3n) is 7.08. The van der Waals surface area contributed by atoms with E-state index >= 15 is 0 Å². The summed E-state index contributed by atoms with van der Waals surface area (Å²) >= 11 is 8.16. The summed E-state index contributed by atoms with van der Waals surface area (Å²) in [6, 6.07) is 0. The molecule has 0 aromatic heterocycles. The summed E-state index contributed by atoms with van der Waals surface area (Å²) in [6.45, 7) is 0. The van der Waals surface area contributed by atoms with Gasteiger partial charge >= 0.3 is 0 Å². The second-order valence-electron chi connectivity index (χ2n) is 7.01. The quantitative estimate of drug-likeness (QED) is 0.580. The Hall–Kier alpha value is 0.960. The minimum absolute atomic E-state index is 0.882. The van der Waals surface area contributed by atoms with Crippen molar-refractivity contribution in [1.29, 1.82) is 0 Å². The smallest absolute Gasteiger partial charge is 0.0211 e. The van der Waals surface area contributed by atoms with Crippen molar-refractivity contribution in [2.75, 3.05) is 0 Å². The van der Waals surface area contributed by atoms with E-state index in [1.54, 1.807) is 25.7 Å². The van der Waals surface area contributed by atoms with Gasteiger partial charge in [0.1, 0.15) is 0 Å². The van der Waals surface area contributed by atoms with Crippen LogP contribution in [0.3, 0.4) is 0 Å². The van der Waals surface area contributed by atoms with Gasteiger partial charge in [-0.15, -0.1) is 0 Å². The summed E-state index contributed by atoms with van der Waals surface area (Å²) in [4.78, 5) is 1.76. The highest BCUT2D eigenvalue weighted by Gasteiger charge is 2.71. The first-order valence-corrected chi connectivity index (χ1v) is 8.90. The lowest BCUT2D eigenvalue weighted by molar-refractivity contribution is -0.228. The third-order valence-corrected chi connectivity index (χ3v) is 9.65. The zero-order valence-corrected chi connectivity index (χ0v) is 12.5. The van der Waals surface area contributed by atoms with E-state index in [1.807, 2.05) is 0 Å². The van der Waals surface area contributed by atoms with Crippen LogP contribution in [0.4, 0.5) is 0 Å². The molecule has 0 nitrogen and oxygen atoms in total. The molecule has 2 heteroatoms. The van der Waals surface area contributed by atoms with Crippen molar-refractivity contribution in [2.45, 2.75) is 35.3 Å². The largest absolute Gasteiger partial charge is 0.0884 e. The van der Waals surface area contributed by atoms with Crippen molar-refractivity contribution in [3.05, 3.63) is 0 Å². The van der Waals surface area contributed by atoms with E-state index < -0.39 is 0 Å². The average molecular weight is 346 g/mol. The Morgan fingerprint density at radius 1 is 0.500 bits per heavy atom. The zero-order chi connectivity index (χ0) is 10.6. The minimum Gasteiger partial charge on any atom is -0.0884 e. The van der Waals surface area contributed by atoms with Gasteiger partial charge in [0.05, 0.1) is 0 Å². The fraction of sp³-hybridized carbons (Fsp3) is 1.00. The molecule has 8 bridgehead atoms. The van der Waals surface area contributed by atoms with Crippen LogP contribution in [0.25, 0.3) is 0 Å². The van der Waals surface area contributed by atoms with E-state index in [0.717, 1.165) is 57.0 Å². The summed E-state index contributed by atoms with van der Waals surface area (Å²) in [5.41, 5.74) is 0. The molecule has 16 heavy (non-hydrogen) atoms. The van der Waals surface area contributed by atoms with Gasteiger partial charge < -0.3 is 0 Å². The lowest BCUT2D eigenvalue weighted by Gasteiger charge is -2.75. The lowest BCUT2D eigenvalue weighted by atomic mass is 9.32. The minimum atomic E-state index is 0.882. The van der Waals surface area contributed by atoms with Gasteiger partial charge in [-0.2, -0.15) is 0 Å². The highest BCUT2D eigenvalue weighted by Crippen LogP contribution is 2.75. The van der Waals surface area contributed by atoms with Crippen LogP contribution in [0.5, 0.6) is 0 Å². The van der Waals surface area contributed by atoms with Crippen molar-refractivity contribution in [3.63, 3.8) is 0 Å². The Morgan fingerprint density at radius 2 is 0.875 bits per heavy atom. The van der Waals surface area contributed by atoms with Gasteiger partial charge in [0, 0.05) is 9.65 Å². The molecule has 0 aromatic rings. The van der Waals surface area contributed by atoms with Gasteiger partial charge in [0.25, 0.3) is 0 Å². The fourth-order valence-corrected chi connectivity index (χ4v) is 9.72. The van der Waals surface area contributed by atoms with Crippen molar-refractivity contribution >= 4 is 31.9 Å². The molecule has 0 spiro atoms. The molecule has 0 radical (unpaired) electrons. The van der Waals surface area contributed by atoms with E-state index in [1.165, 1.54) is 0 Å². The number of hydrogen-bond donors (Lipinski definition) is 0. The predicted octanol–water partition coefficient (Wildman–Crippen LogP) is 4.07. The number of rotatable bonds is 0. The summed E-state index contributed by atoms with van der Waals surface area (Å²) in [5.74, 6) is 8.68. The van der Waals surface area contributed by atoms with Crippen molar-refractivity contribution in [3.8, 4) is 0 Å². The highest BCUT2D eigenvalue weighted by atomic mass is 79.9. The van der Waals surface area contributed by atoms with Gasteiger partial charge in [0.15, 0.2) is 0 Å². The highest BCUT2D eigenvalue weighted by molar-refractivity contribution is 9.09. The number of alkyl halides is 2. The molecule has 9 rings (SSSR count). The maximum Gasteiger partial charge on any atom is 0.0211 e. The molecule has 0 saturated heterocycles. The molecular formula is C14H18Br2. The molecule has 9 saturated carbocycles. The van der Waals surface area contributed by atoms with Crippen LogP contribution in [0.15, 0.2) is 0 Å². The van der Waals surface area contributed by atoms with E-state index in [9.17, 15) is 0 Å². The molecule has 0 aromatic carbocycles. The second-order valence-corrected chi connectivity index (χ2v) is 9.12. The second kappa shape index (κ2) is 2.92. The maximum atomic E-state index is 4.08. The first-order chi connectivity index (χ1) is 7.79. The molecule has 88 valence electrons. The maximum absolute atomic E-state index is 4.08. The Balaban J connectivity index is 1.72. The van der Waals surface area contributed by atoms with Crippen LogP contribution < -0.4 is 0 Å². The molecule has 0 heterocycles. The van der Waals surface area contributed by atoms with Crippen LogP contribution in [-0.2, 0) is 0 Å². The summed E-state index contributed by atoms with van der Waals surface area (Å²) in [6.07, 6.45) is 6.22. The number of halogens is 2. The summed E-state index contributed by atoms with van der Waals surface area (Å²) in [7, 11) is 0. The van der Waals surface area contributed by atoms with Crippen molar-refractivity contribution < 1.29 is 0 Å². The SMILES string of the molecule is Br[C@@H]1[C@@H]2CC[C@H]3[C@@H]4[C@H]5CC[C@@H]([C@H]24)[C@H]([C@H]5Br)[C@@H]13. The van der Waals surface area contributed by atoms with Crippen LogP contribution >= 0.6 is 31.9 Å². The first-order valence-electron chi connectivity index (χ1n) is 7.07. The molecule has 10 atom stereocenters. The molecule has 9 fully saturated rings. The lowest BCUT2D eigenvalue weighted by Crippen LogP contribution is -2.73. The van der Waals surface area contributed by atoms with E-state index in [-0.39, 0.29) is 0 Å². The van der Waals surface area contributed by atoms with Crippen LogP contribution in [0.2, 0.25) is 0 Å². The fourth-order valence-electron chi connectivity index (χ4n) is 7.00. The van der Waals surface area contributed by atoms with Gasteiger partial charge in [-0.3, -0.25) is 0 Å². The van der Waals surface area contributed by atoms with Crippen molar-refractivity contribution in [1.82, 2.24) is 0 Å². The van der Waals surface area contributed by atoms with Crippen molar-refractivity contribution in [2.24, 2.45) is 47.3 Å². The zero-order valence-electron chi connectivity index (χ0n) is 9.36. The number of hydrogen-bond acceptors (Lipinski definition) is 0. The van der Waals surface area contributed by atoms with Gasteiger partial charge in [-0.25, -0.2) is 0 Å². The third kappa shape index (κ3) is 0.839. The molecular weight excluding hydrogens is 328 g/mol. The van der Waals surface area contributed by atoms with Gasteiger partial charge in [-0.05, 0) is 73.0 Å². The molecule has 0 aliphatic heterocycles. The Bertz CT molecular complexity index is 313.